The lowest BCUT2D eigenvalue weighted by molar-refractivity contribution is 0.102. The molecule has 3 N–H and O–H groups in total. The van der Waals surface area contributed by atoms with Gasteiger partial charge in [0.05, 0.1) is 11.0 Å². The zero-order valence-corrected chi connectivity index (χ0v) is 12.4. The van der Waals surface area contributed by atoms with Crippen molar-refractivity contribution in [3.05, 3.63) is 66.0 Å². The topological polar surface area (TPSA) is 86.5 Å². The van der Waals surface area contributed by atoms with Crippen molar-refractivity contribution in [2.45, 2.75) is 0 Å². The molecule has 0 saturated carbocycles. The van der Waals surface area contributed by atoms with Gasteiger partial charge in [-0.1, -0.05) is 12.1 Å². The number of hydrogen-bond acceptors (Lipinski definition) is 3. The van der Waals surface area contributed by atoms with Gasteiger partial charge in [-0.3, -0.25) is 9.89 Å². The number of hydrogen-bond donors (Lipinski definition) is 3. The maximum Gasteiger partial charge on any atom is 0.256 e. The van der Waals surface area contributed by atoms with Crippen LogP contribution in [0.15, 0.2) is 54.6 Å². The Morgan fingerprint density at radius 3 is 2.67 bits per heavy atom. The Morgan fingerprint density at radius 1 is 1.08 bits per heavy atom. The molecule has 0 atom stereocenters. The van der Waals surface area contributed by atoms with E-state index in [1.165, 1.54) is 24.3 Å². The van der Waals surface area contributed by atoms with Gasteiger partial charge in [-0.25, -0.2) is 9.37 Å². The molecule has 0 spiro atoms. The van der Waals surface area contributed by atoms with E-state index in [1.807, 2.05) is 24.3 Å². The minimum Gasteiger partial charge on any atom is -0.337 e. The van der Waals surface area contributed by atoms with Gasteiger partial charge in [0.1, 0.15) is 11.5 Å². The number of benzene rings is 2. The standard InChI is InChI=1S/C17H12FN5O/c18-11-7-5-10(6-8-11)17(24)21-15-9-14(22-23-15)16-19-12-3-1-2-4-13(12)20-16/h1-9H,(H,19,20)(H2,21,22,23,24). The number of nitrogens with one attached hydrogen (secondary N) is 3. The first-order chi connectivity index (χ1) is 11.7. The number of para-hydroxylation sites is 2. The van der Waals surface area contributed by atoms with Crippen molar-refractivity contribution < 1.29 is 9.18 Å². The number of aromatic amines is 2. The summed E-state index contributed by atoms with van der Waals surface area (Å²) in [5.74, 6) is 0.238. The number of carbonyl (C=O) groups excluding carboxylic acids is 1. The molecule has 2 aromatic heterocycles. The van der Waals surface area contributed by atoms with Crippen LogP contribution in [0.2, 0.25) is 0 Å². The maximum atomic E-state index is 12.9. The lowest BCUT2D eigenvalue weighted by Crippen LogP contribution is -2.12. The van der Waals surface area contributed by atoms with E-state index in [2.05, 4.69) is 25.5 Å². The van der Waals surface area contributed by atoms with E-state index < -0.39 is 5.82 Å². The second kappa shape index (κ2) is 5.62. The molecule has 0 aliphatic heterocycles. The van der Waals surface area contributed by atoms with Crippen LogP contribution in [0.1, 0.15) is 10.4 Å². The summed E-state index contributed by atoms with van der Waals surface area (Å²) in [5.41, 5.74) is 2.77. The molecule has 4 rings (SSSR count). The highest BCUT2D eigenvalue weighted by molar-refractivity contribution is 6.03. The Hall–Kier alpha value is -3.48. The number of aromatic nitrogens is 4. The molecule has 0 saturated heterocycles. The second-order valence-corrected chi connectivity index (χ2v) is 5.23. The van der Waals surface area contributed by atoms with Crippen LogP contribution >= 0.6 is 0 Å². The molecule has 6 nitrogen and oxygen atoms in total. The monoisotopic (exact) mass is 321 g/mol. The molecule has 0 bridgehead atoms. The van der Waals surface area contributed by atoms with Crippen molar-refractivity contribution in [1.29, 1.82) is 0 Å². The number of rotatable bonds is 3. The first kappa shape index (κ1) is 14.1. The van der Waals surface area contributed by atoms with E-state index in [-0.39, 0.29) is 5.91 Å². The zero-order valence-electron chi connectivity index (χ0n) is 12.4. The van der Waals surface area contributed by atoms with Gasteiger partial charge in [0.2, 0.25) is 0 Å². The van der Waals surface area contributed by atoms with Gasteiger partial charge < -0.3 is 10.3 Å². The fourth-order valence-corrected chi connectivity index (χ4v) is 2.38. The fourth-order valence-electron chi connectivity index (χ4n) is 2.38. The van der Waals surface area contributed by atoms with Gasteiger partial charge in [0.15, 0.2) is 11.6 Å². The number of fused-ring (bicyclic) bond motifs is 1. The summed E-state index contributed by atoms with van der Waals surface area (Å²) in [6.45, 7) is 0. The van der Waals surface area contributed by atoms with Crippen LogP contribution in [0.5, 0.6) is 0 Å². The van der Waals surface area contributed by atoms with Gasteiger partial charge in [-0.15, -0.1) is 0 Å². The highest BCUT2D eigenvalue weighted by atomic mass is 19.1. The molecular weight excluding hydrogens is 309 g/mol. The first-order valence-corrected chi connectivity index (χ1v) is 7.26. The smallest absolute Gasteiger partial charge is 0.256 e. The third kappa shape index (κ3) is 2.63. The molecule has 0 unspecified atom stereocenters. The molecule has 0 aliphatic rings. The molecule has 2 heterocycles. The highest BCUT2D eigenvalue weighted by Gasteiger charge is 2.11. The summed E-state index contributed by atoms with van der Waals surface area (Å²) in [5, 5.41) is 9.54. The van der Waals surface area contributed by atoms with Gasteiger partial charge in [0, 0.05) is 11.6 Å². The molecule has 7 heteroatoms. The summed E-state index contributed by atoms with van der Waals surface area (Å²) >= 11 is 0. The molecule has 118 valence electrons. The Morgan fingerprint density at radius 2 is 1.88 bits per heavy atom. The summed E-state index contributed by atoms with van der Waals surface area (Å²) < 4.78 is 12.9. The van der Waals surface area contributed by atoms with Crippen LogP contribution in [0, 0.1) is 5.82 Å². The lowest BCUT2D eigenvalue weighted by atomic mass is 10.2. The van der Waals surface area contributed by atoms with Crippen molar-refractivity contribution in [2.75, 3.05) is 5.32 Å². The van der Waals surface area contributed by atoms with Gasteiger partial charge >= 0.3 is 0 Å². The average molecular weight is 321 g/mol. The van der Waals surface area contributed by atoms with Crippen LogP contribution in [-0.4, -0.2) is 26.1 Å². The fraction of sp³-hybridized carbons (Fsp3) is 0. The van der Waals surface area contributed by atoms with Gasteiger partial charge in [-0.05, 0) is 36.4 Å². The van der Waals surface area contributed by atoms with Crippen LogP contribution in [0.3, 0.4) is 0 Å². The normalized spacial score (nSPS) is 10.9. The number of H-pyrrole nitrogens is 2. The van der Waals surface area contributed by atoms with E-state index in [0.717, 1.165) is 11.0 Å². The lowest BCUT2D eigenvalue weighted by Gasteiger charge is -2.00. The third-order valence-electron chi connectivity index (χ3n) is 3.57. The Balaban J connectivity index is 1.56. The SMILES string of the molecule is O=C(Nc1cc(-c2nc3ccccc3[nH]2)[nH]n1)c1ccc(F)cc1. The number of nitrogens with zero attached hydrogens (tertiary/aromatic N) is 2. The minimum atomic E-state index is -0.390. The molecule has 0 fully saturated rings. The number of anilines is 1. The molecule has 2 aromatic carbocycles. The molecular formula is C17H12FN5O. The summed E-state index contributed by atoms with van der Waals surface area (Å²) in [6.07, 6.45) is 0. The Bertz CT molecular complexity index is 986. The molecule has 4 aromatic rings. The van der Waals surface area contributed by atoms with Crippen molar-refractivity contribution >= 4 is 22.8 Å². The van der Waals surface area contributed by atoms with Crippen LogP contribution < -0.4 is 5.32 Å². The number of halogens is 1. The summed E-state index contributed by atoms with van der Waals surface area (Å²) in [4.78, 5) is 19.7. The molecule has 0 radical (unpaired) electrons. The molecule has 24 heavy (non-hydrogen) atoms. The zero-order chi connectivity index (χ0) is 16.5. The number of carbonyl (C=O) groups is 1. The van der Waals surface area contributed by atoms with Crippen LogP contribution in [0.4, 0.5) is 10.2 Å². The average Bonchev–Trinajstić information content (AvgIpc) is 3.21. The predicted octanol–water partition coefficient (Wildman–Crippen LogP) is 3.34. The largest absolute Gasteiger partial charge is 0.337 e. The van der Waals surface area contributed by atoms with Crippen molar-refractivity contribution in [3.63, 3.8) is 0 Å². The molecule has 0 aliphatic carbocycles. The van der Waals surface area contributed by atoms with E-state index in [0.29, 0.717) is 22.9 Å². The number of imidazole rings is 1. The highest BCUT2D eigenvalue weighted by Crippen LogP contribution is 2.20. The van der Waals surface area contributed by atoms with E-state index in [1.54, 1.807) is 6.07 Å². The van der Waals surface area contributed by atoms with Crippen LogP contribution in [-0.2, 0) is 0 Å². The summed E-state index contributed by atoms with van der Waals surface area (Å²) in [6, 6.07) is 14.6. The predicted molar refractivity (Wildman–Crippen MR) is 88.0 cm³/mol. The van der Waals surface area contributed by atoms with Crippen molar-refractivity contribution in [1.82, 2.24) is 20.2 Å². The first-order valence-electron chi connectivity index (χ1n) is 7.26. The molecule has 1 amide bonds. The van der Waals surface area contributed by atoms with Crippen molar-refractivity contribution in [2.24, 2.45) is 0 Å². The van der Waals surface area contributed by atoms with Gasteiger partial charge in [-0.2, -0.15) is 5.10 Å². The van der Waals surface area contributed by atoms with E-state index in [4.69, 9.17) is 0 Å². The second-order valence-electron chi connectivity index (χ2n) is 5.23. The number of amides is 1. The minimum absolute atomic E-state index is 0.352. The Labute approximate surface area is 135 Å². The summed E-state index contributed by atoms with van der Waals surface area (Å²) in [7, 11) is 0. The quantitative estimate of drug-likeness (QED) is 0.541. The Kier molecular flexibility index (Phi) is 3.31. The maximum absolute atomic E-state index is 12.9. The van der Waals surface area contributed by atoms with Crippen LogP contribution in [0.25, 0.3) is 22.6 Å². The van der Waals surface area contributed by atoms with Crippen molar-refractivity contribution in [3.8, 4) is 11.5 Å². The van der Waals surface area contributed by atoms with E-state index >= 15 is 0 Å². The van der Waals surface area contributed by atoms with Gasteiger partial charge in [0.25, 0.3) is 5.91 Å². The third-order valence-corrected chi connectivity index (χ3v) is 3.57. The van der Waals surface area contributed by atoms with E-state index in [9.17, 15) is 9.18 Å².